The van der Waals surface area contributed by atoms with Crippen LogP contribution in [0.25, 0.3) is 28.3 Å². The molecule has 4 heterocycles. The predicted octanol–water partition coefficient (Wildman–Crippen LogP) is 4.19. The van der Waals surface area contributed by atoms with Gasteiger partial charge in [-0.1, -0.05) is 20.8 Å². The summed E-state index contributed by atoms with van der Waals surface area (Å²) in [7, 11) is 1.59. The van der Waals surface area contributed by atoms with Crippen LogP contribution in [-0.4, -0.2) is 38.0 Å². The number of pyridine rings is 2. The standard InChI is InChI=1S/C23H23N7O/c1-23(2,3)14-28-21-17(16-7-8-25-20(9-16)31-4)11-27-22(29-21)18-12-26-19-6-5-15(10-24)13-30(18)19/h5-9,11-13H,14H2,1-4H3,(H,27,28,29). The Morgan fingerprint density at radius 2 is 1.97 bits per heavy atom. The van der Waals surface area contributed by atoms with Crippen molar-refractivity contribution in [3.05, 3.63) is 54.6 Å². The summed E-state index contributed by atoms with van der Waals surface area (Å²) in [5.41, 5.74) is 3.79. The van der Waals surface area contributed by atoms with Crippen LogP contribution in [0.1, 0.15) is 26.3 Å². The number of imidazole rings is 1. The summed E-state index contributed by atoms with van der Waals surface area (Å²) in [6.45, 7) is 7.20. The fourth-order valence-electron chi connectivity index (χ4n) is 3.10. The summed E-state index contributed by atoms with van der Waals surface area (Å²) in [4.78, 5) is 18.0. The molecule has 4 aromatic heterocycles. The first-order chi connectivity index (χ1) is 14.9. The van der Waals surface area contributed by atoms with E-state index in [1.165, 1.54) is 0 Å². The van der Waals surface area contributed by atoms with Crippen molar-refractivity contribution in [2.24, 2.45) is 5.41 Å². The van der Waals surface area contributed by atoms with Crippen LogP contribution in [0.5, 0.6) is 5.88 Å². The zero-order valence-corrected chi connectivity index (χ0v) is 17.9. The number of nitrogens with one attached hydrogen (secondary N) is 1. The van der Waals surface area contributed by atoms with Gasteiger partial charge in [-0.05, 0) is 29.2 Å². The third-order valence-corrected chi connectivity index (χ3v) is 4.69. The number of ether oxygens (including phenoxy) is 1. The van der Waals surface area contributed by atoms with E-state index in [1.807, 2.05) is 16.5 Å². The molecule has 0 radical (unpaired) electrons. The van der Waals surface area contributed by atoms with E-state index in [2.05, 4.69) is 47.1 Å². The van der Waals surface area contributed by atoms with E-state index in [4.69, 9.17) is 9.72 Å². The van der Waals surface area contributed by atoms with Crippen molar-refractivity contribution in [2.75, 3.05) is 19.0 Å². The van der Waals surface area contributed by atoms with Gasteiger partial charge >= 0.3 is 0 Å². The summed E-state index contributed by atoms with van der Waals surface area (Å²) in [5, 5.41) is 12.7. The lowest BCUT2D eigenvalue weighted by molar-refractivity contribution is 0.398. The number of fused-ring (bicyclic) bond motifs is 1. The second-order valence-electron chi connectivity index (χ2n) is 8.36. The van der Waals surface area contributed by atoms with Gasteiger partial charge in [-0.3, -0.25) is 4.40 Å². The average Bonchev–Trinajstić information content (AvgIpc) is 3.20. The van der Waals surface area contributed by atoms with Crippen molar-refractivity contribution in [3.8, 4) is 34.6 Å². The Labute approximate surface area is 180 Å². The number of methoxy groups -OCH3 is 1. The third-order valence-electron chi connectivity index (χ3n) is 4.69. The Balaban J connectivity index is 1.83. The summed E-state index contributed by atoms with van der Waals surface area (Å²) < 4.78 is 7.10. The molecular weight excluding hydrogens is 390 g/mol. The third kappa shape index (κ3) is 4.31. The normalized spacial score (nSPS) is 11.3. The molecule has 1 N–H and O–H groups in total. The lowest BCUT2D eigenvalue weighted by Crippen LogP contribution is -2.20. The van der Waals surface area contributed by atoms with Crippen molar-refractivity contribution in [2.45, 2.75) is 20.8 Å². The Kier molecular flexibility index (Phi) is 5.26. The molecule has 156 valence electrons. The number of hydrogen-bond donors (Lipinski definition) is 1. The van der Waals surface area contributed by atoms with Crippen LogP contribution in [0, 0.1) is 16.7 Å². The van der Waals surface area contributed by atoms with Crippen molar-refractivity contribution in [1.29, 1.82) is 5.26 Å². The zero-order valence-electron chi connectivity index (χ0n) is 17.9. The van der Waals surface area contributed by atoms with Gasteiger partial charge in [-0.25, -0.2) is 19.9 Å². The van der Waals surface area contributed by atoms with Gasteiger partial charge in [0.1, 0.15) is 23.2 Å². The first-order valence-corrected chi connectivity index (χ1v) is 9.87. The SMILES string of the molecule is COc1cc(-c2cnc(-c3cnc4ccc(C#N)cn34)nc2NCC(C)(C)C)ccn1. The summed E-state index contributed by atoms with van der Waals surface area (Å²) in [5.74, 6) is 1.75. The maximum atomic E-state index is 9.25. The van der Waals surface area contributed by atoms with Gasteiger partial charge in [0.2, 0.25) is 5.88 Å². The predicted molar refractivity (Wildman–Crippen MR) is 119 cm³/mol. The summed E-state index contributed by atoms with van der Waals surface area (Å²) in [6.07, 6.45) is 6.94. The monoisotopic (exact) mass is 413 g/mol. The van der Waals surface area contributed by atoms with Crippen LogP contribution in [0.15, 0.2) is 49.1 Å². The van der Waals surface area contributed by atoms with E-state index in [0.717, 1.165) is 23.3 Å². The highest BCUT2D eigenvalue weighted by molar-refractivity contribution is 5.76. The number of nitrogens with zero attached hydrogens (tertiary/aromatic N) is 6. The van der Waals surface area contributed by atoms with Gasteiger partial charge < -0.3 is 10.1 Å². The van der Waals surface area contributed by atoms with Gasteiger partial charge in [0.15, 0.2) is 5.82 Å². The van der Waals surface area contributed by atoms with Crippen LogP contribution in [0.3, 0.4) is 0 Å². The minimum Gasteiger partial charge on any atom is -0.481 e. The number of anilines is 1. The van der Waals surface area contributed by atoms with E-state index in [0.29, 0.717) is 28.8 Å². The fraction of sp³-hybridized carbons (Fsp3) is 0.261. The topological polar surface area (TPSA) is 101 Å². The average molecular weight is 413 g/mol. The van der Waals surface area contributed by atoms with Crippen molar-refractivity contribution in [1.82, 2.24) is 24.3 Å². The highest BCUT2D eigenvalue weighted by atomic mass is 16.5. The number of nitriles is 1. The van der Waals surface area contributed by atoms with Gasteiger partial charge in [-0.2, -0.15) is 5.26 Å². The Bertz CT molecular complexity index is 1280. The van der Waals surface area contributed by atoms with Crippen LogP contribution in [-0.2, 0) is 0 Å². The van der Waals surface area contributed by atoms with Gasteiger partial charge in [0, 0.05) is 36.8 Å². The molecule has 4 aromatic rings. The number of rotatable bonds is 5. The first kappa shape index (κ1) is 20.3. The Hall–Kier alpha value is -3.99. The molecule has 8 nitrogen and oxygen atoms in total. The molecule has 0 unspecified atom stereocenters. The maximum Gasteiger partial charge on any atom is 0.213 e. The highest BCUT2D eigenvalue weighted by Crippen LogP contribution is 2.30. The maximum absolute atomic E-state index is 9.25. The van der Waals surface area contributed by atoms with Crippen LogP contribution >= 0.6 is 0 Å². The van der Waals surface area contributed by atoms with E-state index < -0.39 is 0 Å². The lowest BCUT2D eigenvalue weighted by Gasteiger charge is -2.21. The molecule has 0 atom stereocenters. The minimum absolute atomic E-state index is 0.0589. The van der Waals surface area contributed by atoms with Crippen molar-refractivity contribution in [3.63, 3.8) is 0 Å². The van der Waals surface area contributed by atoms with E-state index in [-0.39, 0.29) is 5.41 Å². The van der Waals surface area contributed by atoms with E-state index >= 15 is 0 Å². The molecule has 0 aromatic carbocycles. The molecule has 0 bridgehead atoms. The quantitative estimate of drug-likeness (QED) is 0.523. The molecule has 8 heteroatoms. The van der Waals surface area contributed by atoms with E-state index in [9.17, 15) is 5.26 Å². The second-order valence-corrected chi connectivity index (χ2v) is 8.36. The number of hydrogen-bond acceptors (Lipinski definition) is 7. The Morgan fingerprint density at radius 3 is 2.71 bits per heavy atom. The molecule has 4 rings (SSSR count). The minimum atomic E-state index is 0.0589. The Morgan fingerprint density at radius 1 is 1.13 bits per heavy atom. The molecule has 0 aliphatic carbocycles. The largest absolute Gasteiger partial charge is 0.481 e. The molecule has 0 saturated heterocycles. The molecule has 0 amide bonds. The first-order valence-electron chi connectivity index (χ1n) is 9.87. The fourth-order valence-corrected chi connectivity index (χ4v) is 3.10. The second kappa shape index (κ2) is 8.03. The lowest BCUT2D eigenvalue weighted by atomic mass is 9.97. The van der Waals surface area contributed by atoms with Crippen LogP contribution in [0.4, 0.5) is 5.82 Å². The van der Waals surface area contributed by atoms with Gasteiger partial charge in [0.25, 0.3) is 0 Å². The molecule has 0 fully saturated rings. The van der Waals surface area contributed by atoms with Crippen LogP contribution in [0.2, 0.25) is 0 Å². The van der Waals surface area contributed by atoms with Crippen LogP contribution < -0.4 is 10.1 Å². The molecule has 0 saturated carbocycles. The highest BCUT2D eigenvalue weighted by Gasteiger charge is 2.17. The molecule has 0 aliphatic rings. The molecule has 0 aliphatic heterocycles. The van der Waals surface area contributed by atoms with Gasteiger partial charge in [0.05, 0.1) is 18.9 Å². The molecular formula is C23H23N7O. The van der Waals surface area contributed by atoms with Crippen molar-refractivity contribution < 1.29 is 4.74 Å². The summed E-state index contributed by atoms with van der Waals surface area (Å²) >= 11 is 0. The molecule has 31 heavy (non-hydrogen) atoms. The zero-order chi connectivity index (χ0) is 22.0. The van der Waals surface area contributed by atoms with Gasteiger partial charge in [-0.15, -0.1) is 0 Å². The molecule has 0 spiro atoms. The van der Waals surface area contributed by atoms with Crippen molar-refractivity contribution >= 4 is 11.5 Å². The smallest absolute Gasteiger partial charge is 0.213 e. The van der Waals surface area contributed by atoms with E-state index in [1.54, 1.807) is 44.0 Å². The number of aromatic nitrogens is 5. The summed E-state index contributed by atoms with van der Waals surface area (Å²) in [6, 6.07) is 9.46.